The van der Waals surface area contributed by atoms with Gasteiger partial charge in [0, 0.05) is 5.69 Å². The number of rotatable bonds is 5. The van der Waals surface area contributed by atoms with Crippen LogP contribution in [0.2, 0.25) is 0 Å². The van der Waals surface area contributed by atoms with E-state index in [0.717, 1.165) is 17.7 Å². The number of ether oxygens (including phenoxy) is 2. The molecule has 4 nitrogen and oxygen atoms in total. The van der Waals surface area contributed by atoms with Gasteiger partial charge in [-0.25, -0.2) is 0 Å². The lowest BCUT2D eigenvalue weighted by molar-refractivity contribution is -0.137. The Morgan fingerprint density at radius 1 is 1.08 bits per heavy atom. The first-order valence-electron chi connectivity index (χ1n) is 7.04. The van der Waals surface area contributed by atoms with Gasteiger partial charge < -0.3 is 14.8 Å². The molecule has 128 valence electrons. The number of amides is 1. The van der Waals surface area contributed by atoms with E-state index < -0.39 is 17.6 Å². The molecule has 0 aliphatic heterocycles. The number of alkyl halides is 3. The lowest BCUT2D eigenvalue weighted by Crippen LogP contribution is -2.20. The van der Waals surface area contributed by atoms with Crippen LogP contribution in [0.5, 0.6) is 11.5 Å². The Bertz CT molecular complexity index is 712. The summed E-state index contributed by atoms with van der Waals surface area (Å²) in [6.07, 6.45) is -4.41. The molecule has 0 aliphatic rings. The van der Waals surface area contributed by atoms with E-state index in [-0.39, 0.29) is 12.3 Å². The van der Waals surface area contributed by atoms with Crippen LogP contribution in [-0.2, 0) is 11.0 Å². The summed E-state index contributed by atoms with van der Waals surface area (Å²) in [5, 5.41) is 2.47. The fourth-order valence-electron chi connectivity index (χ4n) is 1.98. The molecule has 0 bridgehead atoms. The monoisotopic (exact) mass is 339 g/mol. The minimum Gasteiger partial charge on any atom is -0.493 e. The first kappa shape index (κ1) is 17.7. The van der Waals surface area contributed by atoms with Gasteiger partial charge in [-0.1, -0.05) is 6.07 Å². The summed E-state index contributed by atoms with van der Waals surface area (Å²) >= 11 is 0. The van der Waals surface area contributed by atoms with Crippen molar-refractivity contribution in [2.24, 2.45) is 0 Å². The number of benzene rings is 2. The molecule has 24 heavy (non-hydrogen) atoms. The third-order valence-electron chi connectivity index (χ3n) is 3.17. The van der Waals surface area contributed by atoms with E-state index in [1.54, 1.807) is 12.1 Å². The molecule has 0 saturated heterocycles. The largest absolute Gasteiger partial charge is 0.493 e. The number of carbonyl (C=O) groups excluding carboxylic acids is 1. The summed E-state index contributed by atoms with van der Waals surface area (Å²) in [5.74, 6) is 0.417. The zero-order valence-electron chi connectivity index (χ0n) is 13.1. The van der Waals surface area contributed by atoms with Crippen LogP contribution in [0.25, 0.3) is 0 Å². The van der Waals surface area contributed by atoms with Gasteiger partial charge in [0.2, 0.25) is 0 Å². The number of halogens is 3. The van der Waals surface area contributed by atoms with Gasteiger partial charge in [-0.15, -0.1) is 0 Å². The summed E-state index contributed by atoms with van der Waals surface area (Å²) in [6.45, 7) is 1.60. The first-order chi connectivity index (χ1) is 11.3. The molecular formula is C17H16F3NO3. The first-order valence-corrected chi connectivity index (χ1v) is 7.04. The summed E-state index contributed by atoms with van der Waals surface area (Å²) < 4.78 is 47.9. The average molecular weight is 339 g/mol. The van der Waals surface area contributed by atoms with Gasteiger partial charge in [0.1, 0.15) is 0 Å². The molecule has 2 aromatic rings. The zero-order valence-corrected chi connectivity index (χ0v) is 13.1. The van der Waals surface area contributed by atoms with Crippen molar-refractivity contribution >= 4 is 11.6 Å². The van der Waals surface area contributed by atoms with E-state index in [1.807, 2.05) is 13.0 Å². The number of aryl methyl sites for hydroxylation is 1. The van der Waals surface area contributed by atoms with Crippen LogP contribution in [-0.4, -0.2) is 19.6 Å². The predicted molar refractivity (Wildman–Crippen MR) is 83.3 cm³/mol. The lowest BCUT2D eigenvalue weighted by atomic mass is 10.2. The van der Waals surface area contributed by atoms with Crippen LogP contribution in [0.4, 0.5) is 18.9 Å². The molecule has 7 heteroatoms. The summed E-state index contributed by atoms with van der Waals surface area (Å²) in [4.78, 5) is 11.8. The maximum Gasteiger partial charge on any atom is 0.416 e. The smallest absolute Gasteiger partial charge is 0.416 e. The number of carbonyl (C=O) groups is 1. The second kappa shape index (κ2) is 7.25. The van der Waals surface area contributed by atoms with Crippen molar-refractivity contribution in [1.29, 1.82) is 0 Å². The molecule has 0 unspecified atom stereocenters. The highest BCUT2D eigenvalue weighted by Crippen LogP contribution is 2.30. The maximum absolute atomic E-state index is 12.5. The Morgan fingerprint density at radius 3 is 2.33 bits per heavy atom. The average Bonchev–Trinajstić information content (AvgIpc) is 2.53. The lowest BCUT2D eigenvalue weighted by Gasteiger charge is -2.12. The molecule has 0 saturated carbocycles. The number of hydrogen-bond donors (Lipinski definition) is 1. The second-order valence-electron chi connectivity index (χ2n) is 5.07. The van der Waals surface area contributed by atoms with Crippen molar-refractivity contribution in [3.63, 3.8) is 0 Å². The zero-order chi connectivity index (χ0) is 17.7. The fourth-order valence-corrected chi connectivity index (χ4v) is 1.98. The molecule has 2 rings (SSSR count). The Labute approximate surface area is 137 Å². The molecular weight excluding hydrogens is 323 g/mol. The van der Waals surface area contributed by atoms with Gasteiger partial charge in [0.25, 0.3) is 5.91 Å². The highest BCUT2D eigenvalue weighted by molar-refractivity contribution is 5.91. The van der Waals surface area contributed by atoms with Crippen molar-refractivity contribution in [2.75, 3.05) is 19.0 Å². The molecule has 0 atom stereocenters. The van der Waals surface area contributed by atoms with Gasteiger partial charge in [0.15, 0.2) is 18.1 Å². The van der Waals surface area contributed by atoms with E-state index in [2.05, 4.69) is 5.32 Å². The Morgan fingerprint density at radius 2 is 1.75 bits per heavy atom. The molecule has 1 amide bonds. The van der Waals surface area contributed by atoms with Gasteiger partial charge >= 0.3 is 6.18 Å². The maximum atomic E-state index is 12.5. The van der Waals surface area contributed by atoms with E-state index in [0.29, 0.717) is 11.5 Å². The van der Waals surface area contributed by atoms with Crippen LogP contribution in [0.15, 0.2) is 42.5 Å². The van der Waals surface area contributed by atoms with Crippen LogP contribution in [0.1, 0.15) is 11.1 Å². The van der Waals surface area contributed by atoms with Gasteiger partial charge in [-0.05, 0) is 48.9 Å². The Balaban J connectivity index is 1.94. The fraction of sp³-hybridized carbons (Fsp3) is 0.235. The van der Waals surface area contributed by atoms with E-state index in [1.165, 1.54) is 19.2 Å². The highest BCUT2D eigenvalue weighted by atomic mass is 19.4. The summed E-state index contributed by atoms with van der Waals surface area (Å²) in [7, 11) is 1.49. The van der Waals surface area contributed by atoms with E-state index in [9.17, 15) is 18.0 Å². The molecule has 2 aromatic carbocycles. The molecule has 0 radical (unpaired) electrons. The summed E-state index contributed by atoms with van der Waals surface area (Å²) in [5.41, 5.74) is 0.460. The number of hydrogen-bond acceptors (Lipinski definition) is 3. The van der Waals surface area contributed by atoms with E-state index in [4.69, 9.17) is 9.47 Å². The van der Waals surface area contributed by atoms with Gasteiger partial charge in [-0.3, -0.25) is 4.79 Å². The van der Waals surface area contributed by atoms with Crippen molar-refractivity contribution in [2.45, 2.75) is 13.1 Å². The molecule has 0 heterocycles. The normalized spacial score (nSPS) is 11.0. The third-order valence-corrected chi connectivity index (χ3v) is 3.17. The van der Waals surface area contributed by atoms with Crippen molar-refractivity contribution in [3.05, 3.63) is 53.6 Å². The van der Waals surface area contributed by atoms with Crippen molar-refractivity contribution < 1.29 is 27.4 Å². The molecule has 0 spiro atoms. The minimum absolute atomic E-state index is 0.257. The molecule has 0 aliphatic carbocycles. The van der Waals surface area contributed by atoms with Crippen LogP contribution < -0.4 is 14.8 Å². The topological polar surface area (TPSA) is 47.6 Å². The van der Waals surface area contributed by atoms with E-state index >= 15 is 0 Å². The van der Waals surface area contributed by atoms with Crippen LogP contribution in [0, 0.1) is 6.92 Å². The molecule has 1 N–H and O–H groups in total. The van der Waals surface area contributed by atoms with Crippen molar-refractivity contribution in [1.82, 2.24) is 0 Å². The number of methoxy groups -OCH3 is 1. The SMILES string of the molecule is COc1cc(C)ccc1OCC(=O)Nc1ccc(C(F)(F)F)cc1. The second-order valence-corrected chi connectivity index (χ2v) is 5.07. The molecule has 0 fully saturated rings. The summed E-state index contributed by atoms with van der Waals surface area (Å²) in [6, 6.07) is 9.44. The predicted octanol–water partition coefficient (Wildman–Crippen LogP) is 4.04. The Kier molecular flexibility index (Phi) is 5.33. The highest BCUT2D eigenvalue weighted by Gasteiger charge is 2.29. The standard InChI is InChI=1S/C17H16F3NO3/c1-11-3-8-14(15(9-11)23-2)24-10-16(22)21-13-6-4-12(5-7-13)17(18,19)20/h3-9H,10H2,1-2H3,(H,21,22). The van der Waals surface area contributed by atoms with Crippen LogP contribution >= 0.6 is 0 Å². The third kappa shape index (κ3) is 4.65. The van der Waals surface area contributed by atoms with Crippen molar-refractivity contribution in [3.8, 4) is 11.5 Å². The quantitative estimate of drug-likeness (QED) is 0.894. The van der Waals surface area contributed by atoms with Gasteiger partial charge in [0.05, 0.1) is 12.7 Å². The number of nitrogens with one attached hydrogen (secondary N) is 1. The Hall–Kier alpha value is -2.70. The number of anilines is 1. The van der Waals surface area contributed by atoms with Crippen LogP contribution in [0.3, 0.4) is 0 Å². The molecule has 0 aromatic heterocycles. The van der Waals surface area contributed by atoms with Gasteiger partial charge in [-0.2, -0.15) is 13.2 Å². The minimum atomic E-state index is -4.41.